The molecule has 2 fully saturated rings. The Hall–Kier alpha value is -3.77. The maximum atomic E-state index is 13.0. The standard InChI is InChI=1S/C22H30N3O16P/c26-10-6-12(21(33)34)25(8-10)20(32)11-2-1-5-24(11)15(29)7-23-14(28)3-4-16(30)39-9-13(27)18-17(31)19(22(35)40-18)41-42(36,37)38/h10-13,18,26-27,31H,1-9H2,(H,23,28)(H,33,34)(H2,36,37,38). The van der Waals surface area contributed by atoms with Crippen LogP contribution in [0.2, 0.25) is 0 Å². The fourth-order valence-electron chi connectivity index (χ4n) is 4.64. The number of aliphatic hydroxyl groups excluding tert-OH is 3. The number of phosphoric acid groups is 1. The van der Waals surface area contributed by atoms with Crippen molar-refractivity contribution >= 4 is 43.5 Å². The van der Waals surface area contributed by atoms with E-state index in [1.807, 2.05) is 0 Å². The molecule has 3 rings (SSSR count). The van der Waals surface area contributed by atoms with Crippen LogP contribution >= 0.6 is 7.82 Å². The SMILES string of the molecule is O=C(CCC(=O)OCC(O)C1OC(=O)C(OP(=O)(O)O)=C1O)NCC(=O)N1CCCC1C(=O)N1CC(O)CC1C(=O)O. The Bertz CT molecular complexity index is 1200. The highest BCUT2D eigenvalue weighted by molar-refractivity contribution is 7.46. The van der Waals surface area contributed by atoms with Crippen LogP contribution in [0.15, 0.2) is 11.5 Å². The highest BCUT2D eigenvalue weighted by atomic mass is 31.2. The first-order chi connectivity index (χ1) is 19.6. The van der Waals surface area contributed by atoms with Gasteiger partial charge in [0.25, 0.3) is 5.76 Å². The van der Waals surface area contributed by atoms with Crippen LogP contribution in [-0.2, 0) is 47.3 Å². The molecule has 3 aliphatic heterocycles. The number of carboxylic acid groups (broad SMARTS) is 1. The molecule has 3 amide bonds. The highest BCUT2D eigenvalue weighted by Gasteiger charge is 2.45. The average molecular weight is 623 g/mol. The van der Waals surface area contributed by atoms with E-state index >= 15 is 0 Å². The van der Waals surface area contributed by atoms with Crippen molar-refractivity contribution in [2.24, 2.45) is 0 Å². The molecule has 42 heavy (non-hydrogen) atoms. The second-order valence-corrected chi connectivity index (χ2v) is 10.8. The molecule has 3 aliphatic rings. The molecule has 0 saturated carbocycles. The summed E-state index contributed by atoms with van der Waals surface area (Å²) < 4.78 is 24.2. The van der Waals surface area contributed by atoms with Gasteiger partial charge < -0.3 is 49.5 Å². The van der Waals surface area contributed by atoms with Gasteiger partial charge in [0.05, 0.1) is 19.1 Å². The van der Waals surface area contributed by atoms with Crippen LogP contribution < -0.4 is 5.32 Å². The highest BCUT2D eigenvalue weighted by Crippen LogP contribution is 2.42. The number of amides is 3. The zero-order chi connectivity index (χ0) is 31.4. The molecule has 0 aromatic rings. The van der Waals surface area contributed by atoms with Crippen LogP contribution in [0.25, 0.3) is 0 Å². The largest absolute Gasteiger partial charge is 0.525 e. The number of carbonyl (C=O) groups is 6. The zero-order valence-electron chi connectivity index (χ0n) is 21.9. The number of ether oxygens (including phenoxy) is 2. The lowest BCUT2D eigenvalue weighted by molar-refractivity contribution is -0.155. The number of carbonyl (C=O) groups excluding carboxylic acids is 5. The van der Waals surface area contributed by atoms with Gasteiger partial charge in [0.15, 0.2) is 11.9 Å². The molecule has 0 radical (unpaired) electrons. The predicted octanol–water partition coefficient (Wildman–Crippen LogP) is -3.37. The van der Waals surface area contributed by atoms with Crippen molar-refractivity contribution in [2.75, 3.05) is 26.2 Å². The molecule has 5 unspecified atom stereocenters. The van der Waals surface area contributed by atoms with Crippen LogP contribution in [0.1, 0.15) is 32.1 Å². The van der Waals surface area contributed by atoms with Crippen LogP contribution in [0, 0.1) is 0 Å². The van der Waals surface area contributed by atoms with Crippen molar-refractivity contribution in [2.45, 2.75) is 62.5 Å². The Balaban J connectivity index is 1.41. The molecule has 0 bridgehead atoms. The Morgan fingerprint density at radius 1 is 1.12 bits per heavy atom. The second kappa shape index (κ2) is 13.5. The number of cyclic esters (lactones) is 1. The number of β-amino-alcohol motifs (C(OH)–C–C–N with tert-alkyl or cyclic N) is 1. The first-order valence-electron chi connectivity index (χ1n) is 12.6. The summed E-state index contributed by atoms with van der Waals surface area (Å²) in [5.74, 6) is -8.04. The molecule has 0 spiro atoms. The second-order valence-electron chi connectivity index (χ2n) is 9.63. The summed E-state index contributed by atoms with van der Waals surface area (Å²) in [4.78, 5) is 92.6. The van der Waals surface area contributed by atoms with Gasteiger partial charge in [-0.05, 0) is 12.8 Å². The number of carboxylic acids is 1. The number of rotatable bonds is 12. The van der Waals surface area contributed by atoms with Gasteiger partial charge >= 0.3 is 25.7 Å². The van der Waals surface area contributed by atoms with Gasteiger partial charge in [0, 0.05) is 25.9 Å². The van der Waals surface area contributed by atoms with Crippen molar-refractivity contribution in [3.8, 4) is 0 Å². The summed E-state index contributed by atoms with van der Waals surface area (Å²) in [6.45, 7) is -1.33. The molecule has 7 N–H and O–H groups in total. The normalized spacial score (nSPS) is 24.8. The molecule has 3 heterocycles. The van der Waals surface area contributed by atoms with Gasteiger partial charge in [-0.2, -0.15) is 0 Å². The maximum Gasteiger partial charge on any atom is 0.525 e. The lowest BCUT2D eigenvalue weighted by Crippen LogP contribution is -2.52. The Morgan fingerprint density at radius 3 is 2.45 bits per heavy atom. The summed E-state index contributed by atoms with van der Waals surface area (Å²) in [5.41, 5.74) is 0. The number of nitrogens with zero attached hydrogens (tertiary/aromatic N) is 2. The van der Waals surface area contributed by atoms with E-state index in [9.17, 15) is 53.8 Å². The fourth-order valence-corrected chi connectivity index (χ4v) is 5.05. The minimum Gasteiger partial charge on any atom is -0.505 e. The van der Waals surface area contributed by atoms with E-state index < -0.39 is 111 Å². The summed E-state index contributed by atoms with van der Waals surface area (Å²) in [7, 11) is -5.23. The van der Waals surface area contributed by atoms with Gasteiger partial charge in [-0.3, -0.25) is 29.0 Å². The number of likely N-dealkylation sites (tertiary alicyclic amines) is 2. The minimum atomic E-state index is -5.23. The predicted molar refractivity (Wildman–Crippen MR) is 130 cm³/mol. The fraction of sp³-hybridized carbons (Fsp3) is 0.636. The number of hydrogen-bond donors (Lipinski definition) is 7. The smallest absolute Gasteiger partial charge is 0.505 e. The summed E-state index contributed by atoms with van der Waals surface area (Å²) in [6, 6.07) is -2.16. The Kier molecular flexibility index (Phi) is 10.5. The monoisotopic (exact) mass is 623 g/mol. The lowest BCUT2D eigenvalue weighted by Gasteiger charge is -2.30. The number of phosphoric ester groups is 1. The van der Waals surface area contributed by atoms with Gasteiger partial charge in [-0.25, -0.2) is 14.2 Å². The number of nitrogens with one attached hydrogen (secondary N) is 1. The quantitative estimate of drug-likeness (QED) is 0.0824. The molecular weight excluding hydrogens is 593 g/mol. The first kappa shape index (κ1) is 32.7. The van der Waals surface area contributed by atoms with Crippen LogP contribution in [0.4, 0.5) is 0 Å². The third kappa shape index (κ3) is 8.16. The third-order valence-electron chi connectivity index (χ3n) is 6.59. The minimum absolute atomic E-state index is 0.123. The topological polar surface area (TPSA) is 287 Å². The van der Waals surface area contributed by atoms with Crippen LogP contribution in [0.3, 0.4) is 0 Å². The summed E-state index contributed by atoms with van der Waals surface area (Å²) >= 11 is 0. The number of hydrogen-bond acceptors (Lipinski definition) is 13. The van der Waals surface area contributed by atoms with Gasteiger partial charge in [-0.15, -0.1) is 0 Å². The summed E-state index contributed by atoms with van der Waals surface area (Å²) in [5, 5.41) is 41.3. The lowest BCUT2D eigenvalue weighted by atomic mass is 10.1. The van der Waals surface area contributed by atoms with Crippen LogP contribution in [-0.4, -0.2) is 132 Å². The van der Waals surface area contributed by atoms with E-state index in [-0.39, 0.29) is 25.9 Å². The molecule has 20 heteroatoms. The van der Waals surface area contributed by atoms with Crippen molar-refractivity contribution < 1.29 is 77.5 Å². The van der Waals surface area contributed by atoms with E-state index in [4.69, 9.17) is 14.5 Å². The molecule has 5 atom stereocenters. The first-order valence-corrected chi connectivity index (χ1v) is 14.1. The van der Waals surface area contributed by atoms with Crippen molar-refractivity contribution in [3.63, 3.8) is 0 Å². The molecule has 234 valence electrons. The van der Waals surface area contributed by atoms with Gasteiger partial charge in [0.1, 0.15) is 24.8 Å². The van der Waals surface area contributed by atoms with Crippen molar-refractivity contribution in [1.29, 1.82) is 0 Å². The van der Waals surface area contributed by atoms with E-state index in [1.54, 1.807) is 0 Å². The third-order valence-corrected chi connectivity index (χ3v) is 7.02. The van der Waals surface area contributed by atoms with Crippen molar-refractivity contribution in [1.82, 2.24) is 15.1 Å². The van der Waals surface area contributed by atoms with Gasteiger partial charge in [-0.1, -0.05) is 0 Å². The molecule has 19 nitrogen and oxygen atoms in total. The van der Waals surface area contributed by atoms with E-state index in [2.05, 4.69) is 14.6 Å². The van der Waals surface area contributed by atoms with Crippen molar-refractivity contribution in [3.05, 3.63) is 11.5 Å². The molecule has 0 aliphatic carbocycles. The van der Waals surface area contributed by atoms with Crippen LogP contribution in [0.5, 0.6) is 0 Å². The average Bonchev–Trinajstić information content (AvgIpc) is 3.62. The maximum absolute atomic E-state index is 13.0. The van der Waals surface area contributed by atoms with Gasteiger partial charge in [0.2, 0.25) is 17.7 Å². The number of esters is 2. The molecular formula is C22H30N3O16P. The summed E-state index contributed by atoms with van der Waals surface area (Å²) in [6.07, 6.45) is -5.02. The molecule has 0 aromatic carbocycles. The zero-order valence-corrected chi connectivity index (χ0v) is 22.8. The Labute approximate surface area is 236 Å². The number of aliphatic carboxylic acids is 1. The van der Waals surface area contributed by atoms with E-state index in [0.717, 1.165) is 4.90 Å². The molecule has 0 aromatic heterocycles. The number of aliphatic hydroxyl groups is 3. The van der Waals surface area contributed by atoms with E-state index in [0.29, 0.717) is 6.42 Å². The van der Waals surface area contributed by atoms with E-state index in [1.165, 1.54) is 4.90 Å². The Morgan fingerprint density at radius 2 is 1.81 bits per heavy atom. The molecule has 2 saturated heterocycles.